The molecular formula is C12H16N4O5S. The van der Waals surface area contributed by atoms with Crippen LogP contribution >= 0.6 is 11.3 Å². The predicted octanol–water partition coefficient (Wildman–Crippen LogP) is -0.538. The number of carbonyl (C=O) groups excluding carboxylic acids is 3. The number of aliphatic carboxylic acids is 1. The molecule has 2 atom stereocenters. The van der Waals surface area contributed by atoms with Crippen LogP contribution in [0.25, 0.3) is 0 Å². The average Bonchev–Trinajstić information content (AvgIpc) is 2.92. The molecule has 1 unspecified atom stereocenters. The number of amides is 2. The Morgan fingerprint density at radius 3 is 2.55 bits per heavy atom. The minimum atomic E-state index is -1.16. The Labute approximate surface area is 130 Å². The lowest BCUT2D eigenvalue weighted by Crippen LogP contribution is -2.50. The number of hydrogen-bond acceptors (Lipinski definition) is 7. The highest BCUT2D eigenvalue weighted by Crippen LogP contribution is 2.15. The average molecular weight is 328 g/mol. The zero-order valence-electron chi connectivity index (χ0n) is 12.0. The first kappa shape index (κ1) is 17.6. The van der Waals surface area contributed by atoms with Crippen molar-refractivity contribution in [3.05, 3.63) is 11.1 Å². The summed E-state index contributed by atoms with van der Waals surface area (Å²) in [5.74, 6) is -2.22. The lowest BCUT2D eigenvalue weighted by Gasteiger charge is -2.16. The van der Waals surface area contributed by atoms with Crippen molar-refractivity contribution >= 4 is 40.5 Å². The van der Waals surface area contributed by atoms with Gasteiger partial charge in [0.2, 0.25) is 11.8 Å². The lowest BCUT2D eigenvalue weighted by molar-refractivity contribution is -0.141. The van der Waals surface area contributed by atoms with Crippen LogP contribution in [0.2, 0.25) is 0 Å². The number of carboxylic acids is 1. The molecule has 0 aliphatic rings. The SMILES string of the molecule is CC(NC(=O)[C@H](C)NC(=O)CNc1ncc(C=O)s1)C(=O)O. The molecule has 0 saturated heterocycles. The molecule has 2 amide bonds. The van der Waals surface area contributed by atoms with Crippen molar-refractivity contribution in [2.75, 3.05) is 11.9 Å². The number of nitrogens with one attached hydrogen (secondary N) is 3. The Morgan fingerprint density at radius 2 is 2.00 bits per heavy atom. The van der Waals surface area contributed by atoms with E-state index < -0.39 is 29.9 Å². The smallest absolute Gasteiger partial charge is 0.325 e. The number of aromatic nitrogens is 1. The van der Waals surface area contributed by atoms with Crippen LogP contribution in [0.5, 0.6) is 0 Å². The summed E-state index contributed by atoms with van der Waals surface area (Å²) in [7, 11) is 0. The van der Waals surface area contributed by atoms with E-state index >= 15 is 0 Å². The maximum atomic E-state index is 11.7. The zero-order valence-corrected chi connectivity index (χ0v) is 12.8. The molecule has 1 rings (SSSR count). The first-order chi connectivity index (χ1) is 10.3. The Kier molecular flexibility index (Phi) is 6.45. The second-order valence-corrected chi connectivity index (χ2v) is 5.46. The largest absolute Gasteiger partial charge is 0.480 e. The van der Waals surface area contributed by atoms with E-state index in [0.717, 1.165) is 11.3 Å². The quantitative estimate of drug-likeness (QED) is 0.470. The summed E-state index contributed by atoms with van der Waals surface area (Å²) in [5.41, 5.74) is 0. The maximum absolute atomic E-state index is 11.7. The molecule has 22 heavy (non-hydrogen) atoms. The molecule has 9 nitrogen and oxygen atoms in total. The fraction of sp³-hybridized carbons (Fsp3) is 0.417. The Bertz CT molecular complexity index is 574. The monoisotopic (exact) mass is 328 g/mol. The highest BCUT2D eigenvalue weighted by atomic mass is 32.1. The van der Waals surface area contributed by atoms with Crippen molar-refractivity contribution in [1.82, 2.24) is 15.6 Å². The topological polar surface area (TPSA) is 137 Å². The number of thiazole rings is 1. The summed E-state index contributed by atoms with van der Waals surface area (Å²) in [6, 6.07) is -1.92. The molecule has 0 spiro atoms. The van der Waals surface area contributed by atoms with Gasteiger partial charge in [-0.1, -0.05) is 11.3 Å². The summed E-state index contributed by atoms with van der Waals surface area (Å²) in [5, 5.41) is 16.5. The minimum absolute atomic E-state index is 0.127. The molecule has 120 valence electrons. The minimum Gasteiger partial charge on any atom is -0.480 e. The van der Waals surface area contributed by atoms with Crippen molar-refractivity contribution < 1.29 is 24.3 Å². The van der Waals surface area contributed by atoms with Crippen LogP contribution in [0.3, 0.4) is 0 Å². The van der Waals surface area contributed by atoms with E-state index in [1.807, 2.05) is 0 Å². The molecule has 0 aliphatic heterocycles. The van der Waals surface area contributed by atoms with Crippen LogP contribution in [0.15, 0.2) is 6.20 Å². The number of anilines is 1. The van der Waals surface area contributed by atoms with Gasteiger partial charge in [-0.3, -0.25) is 19.2 Å². The third-order valence-corrected chi connectivity index (χ3v) is 3.42. The van der Waals surface area contributed by atoms with Gasteiger partial charge >= 0.3 is 5.97 Å². The molecule has 1 heterocycles. The number of nitrogens with zero attached hydrogens (tertiary/aromatic N) is 1. The molecule has 10 heteroatoms. The molecule has 1 aromatic heterocycles. The van der Waals surface area contributed by atoms with Crippen LogP contribution in [0.4, 0.5) is 5.13 Å². The molecule has 4 N–H and O–H groups in total. The number of carbonyl (C=O) groups is 4. The molecule has 1 aromatic rings. The fourth-order valence-electron chi connectivity index (χ4n) is 1.34. The van der Waals surface area contributed by atoms with Gasteiger partial charge in [0, 0.05) is 0 Å². The third-order valence-electron chi connectivity index (χ3n) is 2.54. The molecule has 0 saturated carbocycles. The molecule has 0 radical (unpaired) electrons. The van der Waals surface area contributed by atoms with Gasteiger partial charge in [0.25, 0.3) is 0 Å². The molecule has 0 fully saturated rings. The van der Waals surface area contributed by atoms with Gasteiger partial charge in [0.15, 0.2) is 11.4 Å². The Balaban J connectivity index is 2.38. The summed E-state index contributed by atoms with van der Waals surface area (Å²) >= 11 is 1.10. The summed E-state index contributed by atoms with van der Waals surface area (Å²) < 4.78 is 0. The Hall–Kier alpha value is -2.49. The van der Waals surface area contributed by atoms with Crippen molar-refractivity contribution in [3.63, 3.8) is 0 Å². The van der Waals surface area contributed by atoms with Gasteiger partial charge in [-0.2, -0.15) is 0 Å². The molecular weight excluding hydrogens is 312 g/mol. The molecule has 0 aliphatic carbocycles. The number of carboxylic acid groups (broad SMARTS) is 1. The van der Waals surface area contributed by atoms with Gasteiger partial charge in [-0.05, 0) is 13.8 Å². The van der Waals surface area contributed by atoms with Gasteiger partial charge < -0.3 is 21.1 Å². The molecule has 0 bridgehead atoms. The lowest BCUT2D eigenvalue weighted by atomic mass is 10.2. The second-order valence-electron chi connectivity index (χ2n) is 4.40. The Morgan fingerprint density at radius 1 is 1.32 bits per heavy atom. The van der Waals surface area contributed by atoms with Crippen molar-refractivity contribution in [1.29, 1.82) is 0 Å². The van der Waals surface area contributed by atoms with Gasteiger partial charge in [0.1, 0.15) is 12.1 Å². The summed E-state index contributed by atoms with van der Waals surface area (Å²) in [6.45, 7) is 2.64. The maximum Gasteiger partial charge on any atom is 0.325 e. The van der Waals surface area contributed by atoms with Crippen LogP contribution in [-0.4, -0.2) is 52.8 Å². The first-order valence-electron chi connectivity index (χ1n) is 6.31. The highest BCUT2D eigenvalue weighted by Gasteiger charge is 2.20. The standard InChI is InChI=1S/C12H16N4O5S/c1-6(10(19)16-7(2)11(20)21)15-9(18)4-14-12-13-3-8(5-17)22-12/h3,5-7H,4H2,1-2H3,(H,13,14)(H,15,18)(H,16,19)(H,20,21)/t6-,7?/m0/s1. The predicted molar refractivity (Wildman–Crippen MR) is 78.8 cm³/mol. The van der Waals surface area contributed by atoms with E-state index in [1.165, 1.54) is 20.0 Å². The van der Waals surface area contributed by atoms with Gasteiger partial charge in [-0.25, -0.2) is 4.98 Å². The van der Waals surface area contributed by atoms with Crippen LogP contribution in [0.1, 0.15) is 23.5 Å². The third kappa shape index (κ3) is 5.48. The number of hydrogen-bond donors (Lipinski definition) is 4. The van der Waals surface area contributed by atoms with Gasteiger partial charge in [-0.15, -0.1) is 0 Å². The molecule has 0 aromatic carbocycles. The summed E-state index contributed by atoms with van der Waals surface area (Å²) in [6.07, 6.45) is 2.03. The van der Waals surface area contributed by atoms with E-state index in [4.69, 9.17) is 5.11 Å². The number of aldehydes is 1. The van der Waals surface area contributed by atoms with Crippen molar-refractivity contribution in [2.45, 2.75) is 25.9 Å². The van der Waals surface area contributed by atoms with E-state index in [0.29, 0.717) is 16.3 Å². The summed E-state index contributed by atoms with van der Waals surface area (Å²) in [4.78, 5) is 48.7. The zero-order chi connectivity index (χ0) is 16.7. The fourth-order valence-corrected chi connectivity index (χ4v) is 1.96. The van der Waals surface area contributed by atoms with E-state index in [-0.39, 0.29) is 6.54 Å². The van der Waals surface area contributed by atoms with Crippen LogP contribution in [-0.2, 0) is 14.4 Å². The van der Waals surface area contributed by atoms with Crippen LogP contribution < -0.4 is 16.0 Å². The van der Waals surface area contributed by atoms with Crippen molar-refractivity contribution in [3.8, 4) is 0 Å². The second kappa shape index (κ2) is 8.08. The van der Waals surface area contributed by atoms with Crippen molar-refractivity contribution in [2.24, 2.45) is 0 Å². The van der Waals surface area contributed by atoms with Gasteiger partial charge in [0.05, 0.1) is 17.6 Å². The highest BCUT2D eigenvalue weighted by molar-refractivity contribution is 7.17. The van der Waals surface area contributed by atoms with E-state index in [2.05, 4.69) is 20.9 Å². The van der Waals surface area contributed by atoms with E-state index in [1.54, 1.807) is 0 Å². The number of rotatable bonds is 8. The normalized spacial score (nSPS) is 12.8. The first-order valence-corrected chi connectivity index (χ1v) is 7.12. The van der Waals surface area contributed by atoms with Crippen LogP contribution in [0, 0.1) is 0 Å². The van der Waals surface area contributed by atoms with E-state index in [9.17, 15) is 19.2 Å².